The zero-order chi connectivity index (χ0) is 29.8. The predicted octanol–water partition coefficient (Wildman–Crippen LogP) is -3.68. The van der Waals surface area contributed by atoms with Gasteiger partial charge in [0.1, 0.15) is 61.5 Å². The van der Waals surface area contributed by atoms with E-state index in [0.29, 0.717) is 5.56 Å². The molecule has 16 nitrogen and oxygen atoms in total. The summed E-state index contributed by atoms with van der Waals surface area (Å²) in [4.78, 5) is 12.2. The maximum atomic E-state index is 12.2. The van der Waals surface area contributed by atoms with Gasteiger partial charge in [0, 0.05) is 6.08 Å². The predicted molar refractivity (Wildman–Crippen MR) is 131 cm³/mol. The molecule has 16 heteroatoms. The molecule has 0 aromatic heterocycles. The SMILES string of the molecule is COc1cc(/C=C/C(=O)OC[C@@H]2O[C@@H](O[C@@H]3[C@@H](O)[C@H](O[C@@H]4CO[C@@H](O)[C@H](O)[C@H]4O)OC[C@H]3O)[C@H](O)[C@H]2O)ccc1O. The lowest BCUT2D eigenvalue weighted by atomic mass is 10.0. The van der Waals surface area contributed by atoms with E-state index >= 15 is 0 Å². The molecule has 1 aromatic carbocycles. The van der Waals surface area contributed by atoms with E-state index in [-0.39, 0.29) is 18.1 Å². The lowest BCUT2D eigenvalue weighted by Gasteiger charge is -2.42. The van der Waals surface area contributed by atoms with Crippen LogP contribution < -0.4 is 4.74 Å². The number of hydrogen-bond donors (Lipinski definition) is 8. The second-order valence-electron chi connectivity index (χ2n) is 9.66. The van der Waals surface area contributed by atoms with Crippen molar-refractivity contribution in [3.05, 3.63) is 29.8 Å². The van der Waals surface area contributed by atoms with Crippen molar-refractivity contribution < 1.29 is 78.8 Å². The second-order valence-corrected chi connectivity index (χ2v) is 9.66. The first-order chi connectivity index (χ1) is 19.5. The minimum atomic E-state index is -1.69. The van der Waals surface area contributed by atoms with Crippen molar-refractivity contribution >= 4 is 12.0 Å². The minimum Gasteiger partial charge on any atom is -0.504 e. The van der Waals surface area contributed by atoms with E-state index in [2.05, 4.69) is 0 Å². The Kier molecular flexibility index (Phi) is 10.5. The summed E-state index contributed by atoms with van der Waals surface area (Å²) in [5.41, 5.74) is 0.535. The number of aromatic hydroxyl groups is 1. The van der Waals surface area contributed by atoms with Crippen LogP contribution in [0.2, 0.25) is 0 Å². The minimum absolute atomic E-state index is 0.0723. The number of esters is 1. The summed E-state index contributed by atoms with van der Waals surface area (Å²) in [6.45, 7) is -1.21. The Balaban J connectivity index is 1.30. The quantitative estimate of drug-likeness (QED) is 0.102. The number of phenolic OH excluding ortho intramolecular Hbond substituents is 1. The van der Waals surface area contributed by atoms with Gasteiger partial charge in [0.25, 0.3) is 0 Å². The van der Waals surface area contributed by atoms with Gasteiger partial charge in [0.2, 0.25) is 0 Å². The highest BCUT2D eigenvalue weighted by molar-refractivity contribution is 5.87. The molecule has 3 saturated heterocycles. The van der Waals surface area contributed by atoms with Crippen LogP contribution in [0.25, 0.3) is 6.08 Å². The average molecular weight is 591 g/mol. The number of aliphatic hydroxyl groups is 7. The van der Waals surface area contributed by atoms with E-state index in [0.717, 1.165) is 6.08 Å². The zero-order valence-corrected chi connectivity index (χ0v) is 21.8. The van der Waals surface area contributed by atoms with Crippen molar-refractivity contribution in [2.45, 2.75) is 73.8 Å². The van der Waals surface area contributed by atoms with Gasteiger partial charge in [-0.3, -0.25) is 0 Å². The summed E-state index contributed by atoms with van der Waals surface area (Å²) in [5, 5.41) is 80.9. The van der Waals surface area contributed by atoms with Crippen LogP contribution in [-0.4, -0.2) is 148 Å². The molecular weight excluding hydrogens is 556 g/mol. The smallest absolute Gasteiger partial charge is 0.330 e. The second kappa shape index (κ2) is 13.7. The number of carbonyl (C=O) groups is 1. The summed E-state index contributed by atoms with van der Waals surface area (Å²) in [7, 11) is 1.38. The van der Waals surface area contributed by atoms with E-state index in [1.165, 1.54) is 31.4 Å². The first-order valence-electron chi connectivity index (χ1n) is 12.7. The summed E-state index contributed by atoms with van der Waals surface area (Å²) in [6, 6.07) is 4.42. The Hall–Kier alpha value is -2.45. The standard InChI is InChI=1S/C25H34O16/c1-35-13-6-10(2-4-11(13)26)3-5-16(28)36-8-14-18(30)20(32)25(40-14)41-22-12(27)7-38-24(21(22)33)39-15-9-37-23(34)19(31)17(15)29/h2-6,12,14-15,17-27,29-34H,7-9H2,1H3/b5-3+/t12-,14+,15-,17+,18+,19-,20-,21-,22+,23-,24+,25+/m1/s1. The van der Waals surface area contributed by atoms with Gasteiger partial charge in [-0.25, -0.2) is 4.79 Å². The van der Waals surface area contributed by atoms with Gasteiger partial charge in [-0.2, -0.15) is 0 Å². The van der Waals surface area contributed by atoms with E-state index in [4.69, 9.17) is 33.2 Å². The van der Waals surface area contributed by atoms with Gasteiger partial charge >= 0.3 is 5.97 Å². The number of hydrogen-bond acceptors (Lipinski definition) is 16. The molecule has 0 saturated carbocycles. The van der Waals surface area contributed by atoms with Crippen LogP contribution >= 0.6 is 0 Å². The fourth-order valence-electron chi connectivity index (χ4n) is 4.43. The van der Waals surface area contributed by atoms with Gasteiger partial charge in [0.15, 0.2) is 30.4 Å². The lowest BCUT2D eigenvalue weighted by Crippen LogP contribution is -2.60. The molecule has 0 spiro atoms. The topological polar surface area (TPSA) is 244 Å². The molecule has 0 amide bonds. The molecule has 3 aliphatic rings. The van der Waals surface area contributed by atoms with E-state index in [9.17, 15) is 45.6 Å². The molecule has 12 atom stereocenters. The third kappa shape index (κ3) is 7.31. The number of aliphatic hydroxyl groups excluding tert-OH is 7. The molecule has 41 heavy (non-hydrogen) atoms. The number of ether oxygens (including phenoxy) is 7. The molecule has 0 unspecified atom stereocenters. The first kappa shape index (κ1) is 31.5. The largest absolute Gasteiger partial charge is 0.504 e. The molecule has 8 N–H and O–H groups in total. The summed E-state index contributed by atoms with van der Waals surface area (Å²) in [6.07, 6.45) is -15.6. The highest BCUT2D eigenvalue weighted by atomic mass is 16.7. The lowest BCUT2D eigenvalue weighted by molar-refractivity contribution is -0.338. The Morgan fingerprint density at radius 3 is 2.41 bits per heavy atom. The first-order valence-corrected chi connectivity index (χ1v) is 12.7. The maximum Gasteiger partial charge on any atom is 0.330 e. The molecule has 0 radical (unpaired) electrons. The van der Waals surface area contributed by atoms with Gasteiger partial charge in [-0.15, -0.1) is 0 Å². The molecule has 0 bridgehead atoms. The van der Waals surface area contributed by atoms with Crippen molar-refractivity contribution in [1.29, 1.82) is 0 Å². The van der Waals surface area contributed by atoms with E-state index < -0.39 is 93.0 Å². The van der Waals surface area contributed by atoms with Crippen molar-refractivity contribution in [2.75, 3.05) is 26.9 Å². The molecule has 230 valence electrons. The van der Waals surface area contributed by atoms with Crippen LogP contribution in [0.1, 0.15) is 5.56 Å². The summed E-state index contributed by atoms with van der Waals surface area (Å²) < 4.78 is 36.8. The van der Waals surface area contributed by atoms with E-state index in [1.807, 2.05) is 0 Å². The number of benzene rings is 1. The van der Waals surface area contributed by atoms with Crippen LogP contribution in [0, 0.1) is 0 Å². The van der Waals surface area contributed by atoms with Crippen molar-refractivity contribution in [2.24, 2.45) is 0 Å². The number of phenols is 1. The molecule has 3 aliphatic heterocycles. The van der Waals surface area contributed by atoms with Crippen LogP contribution in [0.15, 0.2) is 24.3 Å². The van der Waals surface area contributed by atoms with Crippen molar-refractivity contribution in [1.82, 2.24) is 0 Å². The molecule has 3 fully saturated rings. The fraction of sp³-hybridized carbons (Fsp3) is 0.640. The molecule has 1 aromatic rings. The zero-order valence-electron chi connectivity index (χ0n) is 21.8. The number of methoxy groups -OCH3 is 1. The summed E-state index contributed by atoms with van der Waals surface area (Å²) >= 11 is 0. The molecule has 0 aliphatic carbocycles. The Morgan fingerprint density at radius 1 is 0.927 bits per heavy atom. The van der Waals surface area contributed by atoms with Crippen LogP contribution in [-0.2, 0) is 33.2 Å². The molecule has 4 rings (SSSR count). The molecule has 3 heterocycles. The normalized spacial score (nSPS) is 39.6. The van der Waals surface area contributed by atoms with Crippen molar-refractivity contribution in [3.8, 4) is 11.5 Å². The third-order valence-electron chi connectivity index (χ3n) is 6.80. The monoisotopic (exact) mass is 590 g/mol. The number of rotatable bonds is 9. The highest BCUT2D eigenvalue weighted by Gasteiger charge is 2.50. The average Bonchev–Trinajstić information content (AvgIpc) is 3.22. The summed E-state index contributed by atoms with van der Waals surface area (Å²) in [5.74, 6) is -0.662. The fourth-order valence-corrected chi connectivity index (χ4v) is 4.43. The Bertz CT molecular complexity index is 1050. The molecular formula is C25H34O16. The highest BCUT2D eigenvalue weighted by Crippen LogP contribution is 2.30. The van der Waals surface area contributed by atoms with Gasteiger partial charge < -0.3 is 74.0 Å². The third-order valence-corrected chi connectivity index (χ3v) is 6.80. The maximum absolute atomic E-state index is 12.2. The van der Waals surface area contributed by atoms with Crippen LogP contribution in [0.4, 0.5) is 0 Å². The van der Waals surface area contributed by atoms with Gasteiger partial charge in [0.05, 0.1) is 20.3 Å². The Labute approximate surface area is 233 Å². The number of carbonyl (C=O) groups excluding carboxylic acids is 1. The van der Waals surface area contributed by atoms with Crippen LogP contribution in [0.3, 0.4) is 0 Å². The Morgan fingerprint density at radius 2 is 1.68 bits per heavy atom. The van der Waals surface area contributed by atoms with E-state index in [1.54, 1.807) is 0 Å². The van der Waals surface area contributed by atoms with Gasteiger partial charge in [-0.05, 0) is 23.8 Å². The van der Waals surface area contributed by atoms with Crippen molar-refractivity contribution in [3.63, 3.8) is 0 Å². The van der Waals surface area contributed by atoms with Crippen LogP contribution in [0.5, 0.6) is 11.5 Å². The van der Waals surface area contributed by atoms with Gasteiger partial charge in [-0.1, -0.05) is 6.07 Å².